The third-order valence-electron chi connectivity index (χ3n) is 7.40. The zero-order valence-corrected chi connectivity index (χ0v) is 18.3. The molecule has 0 saturated carbocycles. The maximum atomic E-state index is 11.1. The molecule has 1 N–H and O–H groups in total. The van der Waals surface area contributed by atoms with Crippen LogP contribution in [-0.2, 0) is 11.2 Å². The maximum Gasteiger partial charge on any atom is 0.304 e. The number of hydrogen-bond donors (Lipinski definition) is 1. The zero-order chi connectivity index (χ0) is 22.7. The van der Waals surface area contributed by atoms with Gasteiger partial charge >= 0.3 is 5.97 Å². The Balaban J connectivity index is 1.35. The SMILES string of the molecule is Cc1cccc2c1Cc1c(C#N)ccc3c1C2C[C@H]3Oc1ccc2c(c1)OC[C@H]2CC(=O)O. The molecule has 6 rings (SSSR count). The van der Waals surface area contributed by atoms with Gasteiger partial charge in [-0.15, -0.1) is 0 Å². The second kappa shape index (κ2) is 7.38. The summed E-state index contributed by atoms with van der Waals surface area (Å²) in [5, 5.41) is 18.9. The molecule has 0 spiro atoms. The van der Waals surface area contributed by atoms with Crippen molar-refractivity contribution in [2.75, 3.05) is 6.61 Å². The van der Waals surface area contributed by atoms with Gasteiger partial charge in [-0.1, -0.05) is 30.3 Å². The first kappa shape index (κ1) is 19.9. The zero-order valence-electron chi connectivity index (χ0n) is 18.3. The topological polar surface area (TPSA) is 79.5 Å². The van der Waals surface area contributed by atoms with Gasteiger partial charge in [-0.05, 0) is 65.3 Å². The number of benzene rings is 3. The molecule has 1 aliphatic heterocycles. The number of aryl methyl sites for hydroxylation is 1. The first-order chi connectivity index (χ1) is 16.0. The van der Waals surface area contributed by atoms with E-state index in [1.165, 1.54) is 22.3 Å². The molecular weight excluding hydrogens is 414 g/mol. The molecule has 5 nitrogen and oxygen atoms in total. The average Bonchev–Trinajstić information content (AvgIpc) is 3.37. The van der Waals surface area contributed by atoms with Crippen LogP contribution in [0.3, 0.4) is 0 Å². The van der Waals surface area contributed by atoms with Gasteiger partial charge in [0.15, 0.2) is 0 Å². The first-order valence-electron chi connectivity index (χ1n) is 11.3. The Morgan fingerprint density at radius 1 is 1.15 bits per heavy atom. The number of hydrogen-bond acceptors (Lipinski definition) is 4. The molecule has 0 amide bonds. The molecule has 0 saturated heterocycles. The Kier molecular flexibility index (Phi) is 4.45. The van der Waals surface area contributed by atoms with Crippen LogP contribution < -0.4 is 9.47 Å². The van der Waals surface area contributed by atoms with Crippen molar-refractivity contribution in [3.63, 3.8) is 0 Å². The Labute approximate surface area is 192 Å². The van der Waals surface area contributed by atoms with E-state index in [2.05, 4.69) is 37.3 Å². The van der Waals surface area contributed by atoms with Gasteiger partial charge in [0.2, 0.25) is 0 Å². The highest BCUT2D eigenvalue weighted by Crippen LogP contribution is 2.52. The second-order valence-electron chi connectivity index (χ2n) is 9.23. The van der Waals surface area contributed by atoms with Gasteiger partial charge in [-0.25, -0.2) is 0 Å². The van der Waals surface area contributed by atoms with Crippen molar-refractivity contribution < 1.29 is 19.4 Å². The normalized spacial score (nSPS) is 21.4. The van der Waals surface area contributed by atoms with Crippen LogP contribution in [0.5, 0.6) is 11.5 Å². The van der Waals surface area contributed by atoms with Crippen LogP contribution in [0.1, 0.15) is 75.3 Å². The molecule has 164 valence electrons. The highest BCUT2D eigenvalue weighted by Gasteiger charge is 2.40. The van der Waals surface area contributed by atoms with Gasteiger partial charge in [0.25, 0.3) is 0 Å². The van der Waals surface area contributed by atoms with E-state index < -0.39 is 5.97 Å². The van der Waals surface area contributed by atoms with E-state index in [1.807, 2.05) is 24.3 Å². The lowest BCUT2D eigenvalue weighted by Gasteiger charge is -2.27. The summed E-state index contributed by atoms with van der Waals surface area (Å²) < 4.78 is 12.3. The molecule has 3 aromatic rings. The van der Waals surface area contributed by atoms with Crippen molar-refractivity contribution in [1.29, 1.82) is 5.26 Å². The molecule has 33 heavy (non-hydrogen) atoms. The van der Waals surface area contributed by atoms with Crippen molar-refractivity contribution in [2.45, 2.75) is 44.1 Å². The summed E-state index contributed by atoms with van der Waals surface area (Å²) in [6.07, 6.45) is 1.56. The van der Waals surface area contributed by atoms with Crippen LogP contribution in [0.15, 0.2) is 48.5 Å². The number of rotatable bonds is 4. The molecule has 3 atom stereocenters. The lowest BCUT2D eigenvalue weighted by molar-refractivity contribution is -0.137. The van der Waals surface area contributed by atoms with Crippen LogP contribution in [-0.4, -0.2) is 17.7 Å². The summed E-state index contributed by atoms with van der Waals surface area (Å²) in [6, 6.07) is 18.6. The first-order valence-corrected chi connectivity index (χ1v) is 11.3. The molecule has 2 aliphatic carbocycles. The fourth-order valence-corrected chi connectivity index (χ4v) is 5.87. The number of carboxylic acid groups (broad SMARTS) is 1. The van der Waals surface area contributed by atoms with Gasteiger partial charge in [-0.3, -0.25) is 4.79 Å². The molecule has 1 unspecified atom stereocenters. The summed E-state index contributed by atoms with van der Waals surface area (Å²) in [5.74, 6) is 0.709. The minimum absolute atomic E-state index is 0.0632. The Morgan fingerprint density at radius 3 is 2.82 bits per heavy atom. The quantitative estimate of drug-likeness (QED) is 0.593. The molecule has 3 aliphatic rings. The summed E-state index contributed by atoms with van der Waals surface area (Å²) in [6.45, 7) is 2.53. The third kappa shape index (κ3) is 3.09. The van der Waals surface area contributed by atoms with Crippen LogP contribution in [0.4, 0.5) is 0 Å². The molecule has 3 aromatic carbocycles. The fourth-order valence-electron chi connectivity index (χ4n) is 5.87. The van der Waals surface area contributed by atoms with Gasteiger partial charge in [-0.2, -0.15) is 5.26 Å². The molecule has 0 bridgehead atoms. The minimum Gasteiger partial charge on any atom is -0.492 e. The highest BCUT2D eigenvalue weighted by atomic mass is 16.5. The molecule has 1 heterocycles. The minimum atomic E-state index is -0.820. The number of carbonyl (C=O) groups is 1. The van der Waals surface area contributed by atoms with E-state index in [0.717, 1.165) is 40.8 Å². The standard InChI is InChI=1S/C28H23NO4/c1-15-3-2-4-20-22(15)11-23-16(13-29)5-7-21-26(12-24(20)28(21)23)33-18-6-8-19-17(9-27(30)31)14-32-25(19)10-18/h2-8,10,17,24,26H,9,11-12,14H2,1H3,(H,30,31)/t17-,24?,26-/m1/s1. The van der Waals surface area contributed by atoms with Crippen molar-refractivity contribution in [2.24, 2.45) is 0 Å². The van der Waals surface area contributed by atoms with Gasteiger partial charge in [0.05, 0.1) is 24.7 Å². The number of ether oxygens (including phenoxy) is 2. The highest BCUT2D eigenvalue weighted by molar-refractivity contribution is 5.69. The largest absolute Gasteiger partial charge is 0.492 e. The molecule has 0 fully saturated rings. The monoisotopic (exact) mass is 437 g/mol. The van der Waals surface area contributed by atoms with Crippen LogP contribution in [0.25, 0.3) is 0 Å². The fraction of sp³-hybridized carbons (Fsp3) is 0.286. The molecular formula is C28H23NO4. The van der Waals surface area contributed by atoms with Crippen LogP contribution in [0, 0.1) is 18.3 Å². The predicted molar refractivity (Wildman–Crippen MR) is 122 cm³/mol. The van der Waals surface area contributed by atoms with E-state index in [9.17, 15) is 10.1 Å². The van der Waals surface area contributed by atoms with Gasteiger partial charge in [0.1, 0.15) is 17.6 Å². The van der Waals surface area contributed by atoms with Crippen molar-refractivity contribution >= 4 is 5.97 Å². The number of aliphatic carboxylic acids is 1. The lowest BCUT2D eigenvalue weighted by Crippen LogP contribution is -2.14. The number of carboxylic acids is 1. The van der Waals surface area contributed by atoms with Crippen molar-refractivity contribution in [1.82, 2.24) is 0 Å². The van der Waals surface area contributed by atoms with E-state index in [4.69, 9.17) is 14.6 Å². The average molecular weight is 437 g/mol. The molecule has 0 radical (unpaired) electrons. The second-order valence-corrected chi connectivity index (χ2v) is 9.23. The van der Waals surface area contributed by atoms with Crippen LogP contribution >= 0.6 is 0 Å². The summed E-state index contributed by atoms with van der Waals surface area (Å²) in [4.78, 5) is 11.1. The van der Waals surface area contributed by atoms with E-state index in [0.29, 0.717) is 12.4 Å². The smallest absolute Gasteiger partial charge is 0.304 e. The van der Waals surface area contributed by atoms with Crippen molar-refractivity contribution in [3.05, 3.63) is 93.0 Å². The molecule has 5 heteroatoms. The third-order valence-corrected chi connectivity index (χ3v) is 7.40. The summed E-state index contributed by atoms with van der Waals surface area (Å²) in [7, 11) is 0. The lowest BCUT2D eigenvalue weighted by atomic mass is 9.76. The van der Waals surface area contributed by atoms with Crippen LogP contribution in [0.2, 0.25) is 0 Å². The Bertz CT molecular complexity index is 1350. The van der Waals surface area contributed by atoms with E-state index in [1.54, 1.807) is 0 Å². The Hall–Kier alpha value is -3.78. The van der Waals surface area contributed by atoms with Gasteiger partial charge < -0.3 is 14.6 Å². The van der Waals surface area contributed by atoms with E-state index >= 15 is 0 Å². The Morgan fingerprint density at radius 2 is 2.00 bits per heavy atom. The number of nitriles is 1. The van der Waals surface area contributed by atoms with E-state index in [-0.39, 0.29) is 24.4 Å². The van der Waals surface area contributed by atoms with Crippen molar-refractivity contribution in [3.8, 4) is 17.6 Å². The predicted octanol–water partition coefficient (Wildman–Crippen LogP) is 5.38. The number of fused-ring (bicyclic) bond motifs is 3. The summed E-state index contributed by atoms with van der Waals surface area (Å²) >= 11 is 0. The summed E-state index contributed by atoms with van der Waals surface area (Å²) in [5.41, 5.74) is 9.19. The molecule has 0 aromatic heterocycles. The van der Waals surface area contributed by atoms with Gasteiger partial charge in [0, 0.05) is 23.5 Å². The maximum absolute atomic E-state index is 11.1. The number of nitrogens with zero attached hydrogens (tertiary/aromatic N) is 1.